The average Bonchev–Trinajstić information content (AvgIpc) is 3.06. The Hall–Kier alpha value is -1.46. The Bertz CT molecular complexity index is 1070. The molecule has 0 fully saturated rings. The molecular formula is C23H30I2N4O+2. The summed E-state index contributed by atoms with van der Waals surface area (Å²) < 4.78 is 8.90. The van der Waals surface area contributed by atoms with Crippen molar-refractivity contribution < 1.29 is 13.5 Å². The molecule has 4 rings (SSSR count). The number of halogens is 2. The average molecular weight is 632 g/mol. The van der Waals surface area contributed by atoms with Crippen molar-refractivity contribution in [2.75, 3.05) is 39.1 Å². The second kappa shape index (κ2) is 10.2. The van der Waals surface area contributed by atoms with Crippen LogP contribution in [0.5, 0.6) is 0 Å². The standard InChI is InChI=1S/C23H28N4O.2HI/c1-25-13-7-11-21-23(25)24-22(28-21)17-18-12-15-26(14-8-16-27(2,3)4)20-10-6-5-9-19(18)20;;/h5-7,9-13,15,17H,8,14,16H2,1-4H3;2*1H/q+2;;. The van der Waals surface area contributed by atoms with Gasteiger partial charge in [0.2, 0.25) is 5.58 Å². The third-order valence-electron chi connectivity index (χ3n) is 5.01. The maximum atomic E-state index is 5.94. The van der Waals surface area contributed by atoms with Crippen LogP contribution < -0.4 is 9.47 Å². The van der Waals surface area contributed by atoms with Crippen LogP contribution in [0.15, 0.2) is 59.3 Å². The SMILES string of the molecule is C[n+]1cccc2oc(/C=C3\C=CN(CCC[N+](C)(C)C)c4ccccc43)nc21.I.I. The van der Waals surface area contributed by atoms with Gasteiger partial charge in [-0.25, -0.2) is 4.57 Å². The first kappa shape index (κ1) is 24.8. The fourth-order valence-electron chi connectivity index (χ4n) is 3.57. The van der Waals surface area contributed by atoms with Gasteiger partial charge in [0, 0.05) is 41.5 Å². The van der Waals surface area contributed by atoms with E-state index in [1.54, 1.807) is 0 Å². The summed E-state index contributed by atoms with van der Waals surface area (Å²) in [6, 6.07) is 12.5. The predicted molar refractivity (Wildman–Crippen MR) is 144 cm³/mol. The number of aromatic nitrogens is 2. The normalized spacial score (nSPS) is 14.4. The first-order valence-electron chi connectivity index (χ1n) is 9.72. The molecule has 0 spiro atoms. The van der Waals surface area contributed by atoms with E-state index in [4.69, 9.17) is 4.42 Å². The van der Waals surface area contributed by atoms with Gasteiger partial charge >= 0.3 is 11.5 Å². The summed E-state index contributed by atoms with van der Waals surface area (Å²) in [5, 5.41) is 0. The Morgan fingerprint density at radius 1 is 1.10 bits per heavy atom. The van der Waals surface area contributed by atoms with E-state index in [9.17, 15) is 0 Å². The lowest BCUT2D eigenvalue weighted by molar-refractivity contribution is -0.870. The molecule has 1 aliphatic heterocycles. The number of fused-ring (bicyclic) bond motifs is 2. The summed E-state index contributed by atoms with van der Waals surface area (Å²) in [5.74, 6) is 0.629. The maximum absolute atomic E-state index is 5.94. The zero-order valence-electron chi connectivity index (χ0n) is 17.9. The molecule has 0 saturated heterocycles. The fraction of sp³-hybridized carbons (Fsp3) is 0.304. The number of benzene rings is 1. The molecule has 0 amide bonds. The molecule has 30 heavy (non-hydrogen) atoms. The molecule has 160 valence electrons. The van der Waals surface area contributed by atoms with Crippen molar-refractivity contribution in [2.45, 2.75) is 6.42 Å². The van der Waals surface area contributed by atoms with Crippen molar-refractivity contribution in [1.29, 1.82) is 0 Å². The van der Waals surface area contributed by atoms with E-state index in [0.717, 1.165) is 40.8 Å². The molecule has 0 radical (unpaired) electrons. The van der Waals surface area contributed by atoms with Gasteiger partial charge in [-0.05, 0) is 29.8 Å². The van der Waals surface area contributed by atoms with Crippen LogP contribution in [0.4, 0.5) is 5.69 Å². The topological polar surface area (TPSA) is 33.1 Å². The minimum atomic E-state index is 0. The van der Waals surface area contributed by atoms with Crippen molar-refractivity contribution in [2.24, 2.45) is 7.05 Å². The van der Waals surface area contributed by atoms with Crippen molar-refractivity contribution in [3.63, 3.8) is 0 Å². The summed E-state index contributed by atoms with van der Waals surface area (Å²) in [7, 11) is 8.69. The zero-order chi connectivity index (χ0) is 19.7. The van der Waals surface area contributed by atoms with Gasteiger partial charge in [0.15, 0.2) is 0 Å². The number of hydrogen-bond acceptors (Lipinski definition) is 3. The molecule has 2 aromatic heterocycles. The monoisotopic (exact) mass is 632 g/mol. The number of rotatable bonds is 5. The summed E-state index contributed by atoms with van der Waals surface area (Å²) in [4.78, 5) is 6.99. The van der Waals surface area contributed by atoms with Gasteiger partial charge in [0.05, 0.1) is 40.9 Å². The second-order valence-electron chi connectivity index (χ2n) is 8.35. The van der Waals surface area contributed by atoms with E-state index < -0.39 is 0 Å². The molecule has 5 nitrogen and oxygen atoms in total. The van der Waals surface area contributed by atoms with Gasteiger partial charge in [-0.3, -0.25) is 0 Å². The van der Waals surface area contributed by atoms with Crippen LogP contribution >= 0.6 is 48.0 Å². The Labute approximate surface area is 212 Å². The Morgan fingerprint density at radius 3 is 2.60 bits per heavy atom. The van der Waals surface area contributed by atoms with E-state index in [0.29, 0.717) is 5.89 Å². The minimum Gasteiger partial charge on any atom is -0.411 e. The molecule has 1 aromatic carbocycles. The third kappa shape index (κ3) is 5.61. The highest BCUT2D eigenvalue weighted by Gasteiger charge is 2.20. The molecule has 0 bridgehead atoms. The van der Waals surface area contributed by atoms with Crippen LogP contribution in [0, 0.1) is 0 Å². The lowest BCUT2D eigenvalue weighted by atomic mass is 9.99. The highest BCUT2D eigenvalue weighted by molar-refractivity contribution is 14.0. The number of quaternary nitrogens is 1. The molecule has 0 saturated carbocycles. The van der Waals surface area contributed by atoms with Gasteiger partial charge in [0.25, 0.3) is 0 Å². The molecule has 3 heterocycles. The van der Waals surface area contributed by atoms with Crippen molar-refractivity contribution in [3.8, 4) is 0 Å². The summed E-state index contributed by atoms with van der Waals surface area (Å²) in [6.45, 7) is 2.16. The van der Waals surface area contributed by atoms with Crippen molar-refractivity contribution in [3.05, 3.63) is 66.3 Å². The van der Waals surface area contributed by atoms with E-state index in [2.05, 4.69) is 67.6 Å². The first-order valence-corrected chi connectivity index (χ1v) is 9.72. The fourth-order valence-corrected chi connectivity index (χ4v) is 3.57. The molecule has 3 aromatic rings. The Kier molecular flexibility index (Phi) is 8.46. The number of allylic oxidation sites excluding steroid dienone is 2. The molecule has 7 heteroatoms. The minimum absolute atomic E-state index is 0. The van der Waals surface area contributed by atoms with Gasteiger partial charge in [-0.15, -0.1) is 48.0 Å². The van der Waals surface area contributed by atoms with Gasteiger partial charge in [-0.1, -0.05) is 18.2 Å². The van der Waals surface area contributed by atoms with Crippen molar-refractivity contribution >= 4 is 76.5 Å². The number of aryl methyl sites for hydroxylation is 1. The quantitative estimate of drug-likeness (QED) is 0.229. The number of hydrogen-bond donors (Lipinski definition) is 0. The first-order chi connectivity index (χ1) is 13.4. The molecule has 1 aliphatic rings. The number of pyridine rings is 1. The van der Waals surface area contributed by atoms with E-state index in [-0.39, 0.29) is 48.0 Å². The number of oxazole rings is 1. The smallest absolute Gasteiger partial charge is 0.370 e. The van der Waals surface area contributed by atoms with Crippen LogP contribution in [-0.4, -0.2) is 43.7 Å². The Balaban J connectivity index is 0.00000160. The van der Waals surface area contributed by atoms with Gasteiger partial charge in [0.1, 0.15) is 0 Å². The lowest BCUT2D eigenvalue weighted by Crippen LogP contribution is -2.37. The number of para-hydroxylation sites is 1. The van der Waals surface area contributed by atoms with Crippen LogP contribution in [0.25, 0.3) is 22.9 Å². The summed E-state index contributed by atoms with van der Waals surface area (Å²) >= 11 is 0. The summed E-state index contributed by atoms with van der Waals surface area (Å²) in [6.07, 6.45) is 9.48. The van der Waals surface area contributed by atoms with E-state index in [1.165, 1.54) is 11.3 Å². The van der Waals surface area contributed by atoms with E-state index in [1.807, 2.05) is 36.0 Å². The number of anilines is 1. The maximum Gasteiger partial charge on any atom is 0.370 e. The van der Waals surface area contributed by atoms with Gasteiger partial charge < -0.3 is 13.8 Å². The molecular weight excluding hydrogens is 602 g/mol. The highest BCUT2D eigenvalue weighted by atomic mass is 127. The van der Waals surface area contributed by atoms with Crippen molar-refractivity contribution in [1.82, 2.24) is 4.98 Å². The predicted octanol–water partition coefficient (Wildman–Crippen LogP) is 4.86. The largest absolute Gasteiger partial charge is 0.411 e. The van der Waals surface area contributed by atoms with Crippen LogP contribution in [-0.2, 0) is 7.05 Å². The van der Waals surface area contributed by atoms with Crippen LogP contribution in [0.3, 0.4) is 0 Å². The third-order valence-corrected chi connectivity index (χ3v) is 5.01. The lowest BCUT2D eigenvalue weighted by Gasteiger charge is -2.29. The molecule has 0 atom stereocenters. The number of nitrogens with zero attached hydrogens (tertiary/aromatic N) is 4. The molecule has 0 unspecified atom stereocenters. The van der Waals surface area contributed by atoms with Gasteiger partial charge in [-0.2, -0.15) is 0 Å². The van der Waals surface area contributed by atoms with E-state index >= 15 is 0 Å². The highest BCUT2D eigenvalue weighted by Crippen LogP contribution is 2.34. The molecule has 0 aliphatic carbocycles. The Morgan fingerprint density at radius 2 is 1.87 bits per heavy atom. The van der Waals surface area contributed by atoms with Crippen LogP contribution in [0.1, 0.15) is 17.9 Å². The second-order valence-corrected chi connectivity index (χ2v) is 8.35. The molecule has 0 N–H and O–H groups in total. The van der Waals surface area contributed by atoms with Crippen LogP contribution in [0.2, 0.25) is 0 Å². The summed E-state index contributed by atoms with van der Waals surface area (Å²) in [5.41, 5.74) is 5.21. The zero-order valence-corrected chi connectivity index (χ0v) is 22.6.